The van der Waals surface area contributed by atoms with Crippen molar-refractivity contribution in [3.8, 4) is 0 Å². The highest BCUT2D eigenvalue weighted by molar-refractivity contribution is 7.99. The maximum atomic E-state index is 12.3. The van der Waals surface area contributed by atoms with Crippen LogP contribution in [-0.2, 0) is 23.2 Å². The van der Waals surface area contributed by atoms with E-state index in [2.05, 4.69) is 27.7 Å². The largest absolute Gasteiger partial charge is 0.376 e. The molecule has 1 aliphatic rings. The second-order valence-corrected chi connectivity index (χ2v) is 7.14. The van der Waals surface area contributed by atoms with Gasteiger partial charge in [0.15, 0.2) is 0 Å². The zero-order valence-electron chi connectivity index (χ0n) is 14.4. The first-order valence-corrected chi connectivity index (χ1v) is 9.45. The van der Waals surface area contributed by atoms with Gasteiger partial charge in [-0.05, 0) is 34.7 Å². The number of carbonyl (C=O) groups is 1. The number of tetrazole rings is 1. The smallest absolute Gasteiger partial charge is 0.233 e. The summed E-state index contributed by atoms with van der Waals surface area (Å²) < 4.78 is 7.41. The first-order chi connectivity index (χ1) is 12.2. The highest BCUT2D eigenvalue weighted by Crippen LogP contribution is 2.20. The van der Waals surface area contributed by atoms with Crippen LogP contribution in [0.3, 0.4) is 0 Å². The van der Waals surface area contributed by atoms with Crippen molar-refractivity contribution in [3.05, 3.63) is 35.9 Å². The van der Waals surface area contributed by atoms with Crippen molar-refractivity contribution in [1.29, 1.82) is 0 Å². The van der Waals surface area contributed by atoms with Crippen LogP contribution in [0.1, 0.15) is 18.4 Å². The monoisotopic (exact) mass is 361 g/mol. The van der Waals surface area contributed by atoms with E-state index in [0.717, 1.165) is 32.5 Å². The van der Waals surface area contributed by atoms with Gasteiger partial charge in [0.05, 0.1) is 12.4 Å². The van der Waals surface area contributed by atoms with Gasteiger partial charge in [-0.3, -0.25) is 4.79 Å². The van der Waals surface area contributed by atoms with Crippen LogP contribution >= 0.6 is 11.8 Å². The van der Waals surface area contributed by atoms with Crippen molar-refractivity contribution in [3.63, 3.8) is 0 Å². The number of benzene rings is 1. The molecule has 1 amide bonds. The number of ether oxygens (including phenoxy) is 1. The number of hydrogen-bond donors (Lipinski definition) is 0. The van der Waals surface area contributed by atoms with Crippen molar-refractivity contribution in [1.82, 2.24) is 25.1 Å². The summed E-state index contributed by atoms with van der Waals surface area (Å²) in [5.74, 6) is 1.06. The van der Waals surface area contributed by atoms with Gasteiger partial charge in [-0.25, -0.2) is 4.68 Å². The molecule has 1 aromatic carbocycles. The number of amides is 1. The van der Waals surface area contributed by atoms with Gasteiger partial charge in [-0.15, -0.1) is 5.10 Å². The summed E-state index contributed by atoms with van der Waals surface area (Å²) in [6, 6.07) is 10.2. The Bertz CT molecular complexity index is 671. The third-order valence-electron chi connectivity index (χ3n) is 4.34. The topological polar surface area (TPSA) is 73.1 Å². The zero-order chi connectivity index (χ0) is 17.5. The molecule has 2 heterocycles. The fourth-order valence-electron chi connectivity index (χ4n) is 2.83. The van der Waals surface area contributed by atoms with E-state index in [9.17, 15) is 4.79 Å². The number of carbonyl (C=O) groups excluding carboxylic acids is 1. The molecule has 0 atom stereocenters. The number of hydrogen-bond acceptors (Lipinski definition) is 6. The molecule has 1 aliphatic heterocycles. The molecule has 1 saturated heterocycles. The van der Waals surface area contributed by atoms with Gasteiger partial charge < -0.3 is 9.64 Å². The highest BCUT2D eigenvalue weighted by Gasteiger charge is 2.23. The fourth-order valence-corrected chi connectivity index (χ4v) is 3.58. The number of likely N-dealkylation sites (tertiary alicyclic amines) is 1. The Morgan fingerprint density at radius 1 is 1.28 bits per heavy atom. The van der Waals surface area contributed by atoms with Crippen LogP contribution in [0.25, 0.3) is 0 Å². The highest BCUT2D eigenvalue weighted by atomic mass is 32.2. The van der Waals surface area contributed by atoms with Crippen LogP contribution in [-0.4, -0.2) is 56.5 Å². The standard InChI is InChI=1S/C17H23N5O2S/c1-21-17(18-19-20-21)25-13-16(23)22-9-7-15(8-10-22)12-24-11-14-5-3-2-4-6-14/h2-6,15H,7-13H2,1H3. The molecule has 0 aliphatic carbocycles. The lowest BCUT2D eigenvalue weighted by molar-refractivity contribution is -0.130. The Labute approximate surface area is 151 Å². The second-order valence-electron chi connectivity index (χ2n) is 6.20. The number of piperidine rings is 1. The number of thioether (sulfide) groups is 1. The van der Waals surface area contributed by atoms with Gasteiger partial charge in [0.1, 0.15) is 0 Å². The van der Waals surface area contributed by atoms with Gasteiger partial charge in [0.2, 0.25) is 11.1 Å². The number of aromatic nitrogens is 4. The maximum Gasteiger partial charge on any atom is 0.233 e. The molecule has 134 valence electrons. The lowest BCUT2D eigenvalue weighted by Crippen LogP contribution is -2.40. The molecule has 2 aromatic rings. The lowest BCUT2D eigenvalue weighted by Gasteiger charge is -2.31. The predicted octanol–water partition coefficient (Wildman–Crippen LogP) is 1.76. The molecule has 0 bridgehead atoms. The Morgan fingerprint density at radius 2 is 2.04 bits per heavy atom. The minimum atomic E-state index is 0.150. The molecule has 0 radical (unpaired) electrons. The van der Waals surface area contributed by atoms with Crippen LogP contribution < -0.4 is 0 Å². The van der Waals surface area contributed by atoms with Crippen LogP contribution in [0.2, 0.25) is 0 Å². The van der Waals surface area contributed by atoms with E-state index in [-0.39, 0.29) is 5.91 Å². The lowest BCUT2D eigenvalue weighted by atomic mass is 9.98. The summed E-state index contributed by atoms with van der Waals surface area (Å²) in [6.45, 7) is 3.02. The zero-order valence-corrected chi connectivity index (χ0v) is 15.2. The fraction of sp³-hybridized carbons (Fsp3) is 0.529. The van der Waals surface area contributed by atoms with Crippen LogP contribution in [0.15, 0.2) is 35.5 Å². The SMILES string of the molecule is Cn1nnnc1SCC(=O)N1CCC(COCc2ccccc2)CC1. The van der Waals surface area contributed by atoms with Gasteiger partial charge in [0, 0.05) is 26.7 Å². The summed E-state index contributed by atoms with van der Waals surface area (Å²) in [5, 5.41) is 11.9. The predicted molar refractivity (Wildman–Crippen MR) is 94.9 cm³/mol. The van der Waals surface area contributed by atoms with Crippen molar-refractivity contribution in [2.75, 3.05) is 25.4 Å². The van der Waals surface area contributed by atoms with Crippen molar-refractivity contribution < 1.29 is 9.53 Å². The van der Waals surface area contributed by atoms with Crippen LogP contribution in [0, 0.1) is 5.92 Å². The molecule has 7 nitrogen and oxygen atoms in total. The molecular weight excluding hydrogens is 338 g/mol. The van der Waals surface area contributed by atoms with Gasteiger partial charge in [0.25, 0.3) is 0 Å². The number of rotatable bonds is 7. The summed E-state index contributed by atoms with van der Waals surface area (Å²) in [7, 11) is 1.77. The Hall–Kier alpha value is -1.93. The van der Waals surface area contributed by atoms with Gasteiger partial charge in [-0.2, -0.15) is 0 Å². The van der Waals surface area contributed by atoms with Crippen LogP contribution in [0.5, 0.6) is 0 Å². The van der Waals surface area contributed by atoms with Crippen LogP contribution in [0.4, 0.5) is 0 Å². The van der Waals surface area contributed by atoms with Crippen molar-refractivity contribution >= 4 is 17.7 Å². The maximum absolute atomic E-state index is 12.3. The average Bonchev–Trinajstić information content (AvgIpc) is 3.06. The summed E-state index contributed by atoms with van der Waals surface area (Å²) in [4.78, 5) is 14.2. The summed E-state index contributed by atoms with van der Waals surface area (Å²) in [6.07, 6.45) is 1.99. The molecular formula is C17H23N5O2S. The first-order valence-electron chi connectivity index (χ1n) is 8.47. The normalized spacial score (nSPS) is 15.5. The van der Waals surface area contributed by atoms with E-state index in [0.29, 0.717) is 23.4 Å². The summed E-state index contributed by atoms with van der Waals surface area (Å²) >= 11 is 1.38. The minimum Gasteiger partial charge on any atom is -0.376 e. The molecule has 8 heteroatoms. The molecule has 0 saturated carbocycles. The summed E-state index contributed by atoms with van der Waals surface area (Å²) in [5.41, 5.74) is 1.20. The minimum absolute atomic E-state index is 0.150. The molecule has 1 fully saturated rings. The van der Waals surface area contributed by atoms with Crippen molar-refractivity contribution in [2.24, 2.45) is 13.0 Å². The van der Waals surface area contributed by atoms with E-state index in [1.807, 2.05) is 23.1 Å². The Morgan fingerprint density at radius 3 is 2.72 bits per heavy atom. The Balaban J connectivity index is 1.34. The number of nitrogens with zero attached hydrogens (tertiary/aromatic N) is 5. The number of aryl methyl sites for hydroxylation is 1. The quantitative estimate of drug-likeness (QED) is 0.700. The molecule has 0 unspecified atom stereocenters. The molecule has 25 heavy (non-hydrogen) atoms. The van der Waals surface area contributed by atoms with E-state index < -0.39 is 0 Å². The van der Waals surface area contributed by atoms with Crippen molar-refractivity contribution in [2.45, 2.75) is 24.6 Å². The van der Waals surface area contributed by atoms with Gasteiger partial charge >= 0.3 is 0 Å². The molecule has 0 N–H and O–H groups in total. The third kappa shape index (κ3) is 5.27. The average molecular weight is 361 g/mol. The van der Waals surface area contributed by atoms with Gasteiger partial charge in [-0.1, -0.05) is 42.1 Å². The Kier molecular flexibility index (Phi) is 6.41. The molecule has 3 rings (SSSR count). The van der Waals surface area contributed by atoms with E-state index in [4.69, 9.17) is 4.74 Å². The van der Waals surface area contributed by atoms with E-state index >= 15 is 0 Å². The van der Waals surface area contributed by atoms with E-state index in [1.165, 1.54) is 17.3 Å². The molecule has 1 aromatic heterocycles. The first kappa shape index (κ1) is 17.9. The van der Waals surface area contributed by atoms with E-state index in [1.54, 1.807) is 11.7 Å². The molecule has 0 spiro atoms. The third-order valence-corrected chi connectivity index (χ3v) is 5.33. The second kappa shape index (κ2) is 8.96.